The number of amides is 1. The Labute approximate surface area is 55.0 Å². The van der Waals surface area contributed by atoms with E-state index < -0.39 is 0 Å². The lowest BCUT2D eigenvalue weighted by molar-refractivity contribution is -0.126. The molecule has 1 fully saturated rings. The molecule has 0 aromatic heterocycles. The Morgan fingerprint density at radius 2 is 2.56 bits per heavy atom. The third-order valence-corrected chi connectivity index (χ3v) is 1.43. The van der Waals surface area contributed by atoms with Crippen LogP contribution in [-0.4, -0.2) is 30.6 Å². The molecule has 0 bridgehead atoms. The maximum Gasteiger partial charge on any atom is 0.237 e. The minimum Gasteiger partial charge on any atom is -0.329 e. The second-order valence-corrected chi connectivity index (χ2v) is 2.24. The molecule has 3 nitrogen and oxygen atoms in total. The Kier molecular flexibility index (Phi) is 2.05. The molecule has 1 N–H and O–H groups in total. The van der Waals surface area contributed by atoms with Crippen molar-refractivity contribution >= 4 is 5.91 Å². The molecule has 1 saturated heterocycles. The fourth-order valence-corrected chi connectivity index (χ4v) is 0.971. The van der Waals surface area contributed by atoms with Crippen molar-refractivity contribution in [3.05, 3.63) is 0 Å². The van der Waals surface area contributed by atoms with Gasteiger partial charge in [-0.3, -0.25) is 10.1 Å². The van der Waals surface area contributed by atoms with Gasteiger partial charge in [-0.05, 0) is 6.42 Å². The van der Waals surface area contributed by atoms with Crippen LogP contribution in [0.3, 0.4) is 0 Å². The van der Waals surface area contributed by atoms with Crippen LogP contribution in [0.25, 0.3) is 0 Å². The summed E-state index contributed by atoms with van der Waals surface area (Å²) in [5.41, 5.74) is 0. The van der Waals surface area contributed by atoms with Crippen molar-refractivity contribution < 1.29 is 4.79 Å². The summed E-state index contributed by atoms with van der Waals surface area (Å²) in [5, 5.41) is 2.98. The van der Waals surface area contributed by atoms with E-state index in [1.165, 1.54) is 0 Å². The highest BCUT2D eigenvalue weighted by Gasteiger charge is 2.17. The van der Waals surface area contributed by atoms with Gasteiger partial charge in [-0.25, -0.2) is 0 Å². The second kappa shape index (κ2) is 2.82. The summed E-state index contributed by atoms with van der Waals surface area (Å²) in [6.45, 7) is 4.24. The Hall–Kier alpha value is -0.570. The van der Waals surface area contributed by atoms with Gasteiger partial charge in [0.2, 0.25) is 5.91 Å². The Balaban J connectivity index is 2.31. The van der Waals surface area contributed by atoms with Crippen molar-refractivity contribution in [3.63, 3.8) is 0 Å². The third kappa shape index (κ3) is 1.42. The summed E-state index contributed by atoms with van der Waals surface area (Å²) in [7, 11) is 0. The first-order valence-electron chi connectivity index (χ1n) is 3.33. The fourth-order valence-electron chi connectivity index (χ4n) is 0.971. The average molecular weight is 128 g/mol. The normalized spacial score (nSPS) is 19.2. The Morgan fingerprint density at radius 3 is 3.00 bits per heavy atom. The van der Waals surface area contributed by atoms with Crippen molar-refractivity contribution in [2.45, 2.75) is 13.3 Å². The molecule has 52 valence electrons. The molecule has 1 rings (SSSR count). The zero-order valence-corrected chi connectivity index (χ0v) is 5.68. The van der Waals surface area contributed by atoms with E-state index >= 15 is 0 Å². The molecule has 1 aliphatic heterocycles. The van der Waals surface area contributed by atoms with Crippen LogP contribution in [-0.2, 0) is 4.79 Å². The highest BCUT2D eigenvalue weighted by Crippen LogP contribution is 1.94. The predicted octanol–water partition coefficient (Wildman–Crippen LogP) is -0.214. The zero-order chi connectivity index (χ0) is 6.69. The minimum atomic E-state index is 0.233. The number of hydrogen-bond acceptors (Lipinski definition) is 2. The Bertz CT molecular complexity index is 114. The molecular formula is C6H12N2O. The molecule has 9 heavy (non-hydrogen) atoms. The molecule has 1 heterocycles. The zero-order valence-electron chi connectivity index (χ0n) is 5.68. The van der Waals surface area contributed by atoms with E-state index in [4.69, 9.17) is 0 Å². The van der Waals surface area contributed by atoms with E-state index in [-0.39, 0.29) is 5.91 Å². The molecule has 0 aromatic rings. The quantitative estimate of drug-likeness (QED) is 0.558. The number of carbonyl (C=O) groups is 1. The standard InChI is InChI=1S/C6H12N2O/c1-2-3-8-5-7-4-6(8)9/h7H,2-5H2,1H3. The van der Waals surface area contributed by atoms with Gasteiger partial charge >= 0.3 is 0 Å². The van der Waals surface area contributed by atoms with Crippen LogP contribution in [0, 0.1) is 0 Å². The van der Waals surface area contributed by atoms with E-state index in [1.807, 2.05) is 4.90 Å². The van der Waals surface area contributed by atoms with Gasteiger partial charge in [-0.15, -0.1) is 0 Å². The van der Waals surface area contributed by atoms with E-state index in [2.05, 4.69) is 12.2 Å². The van der Waals surface area contributed by atoms with Crippen LogP contribution >= 0.6 is 0 Å². The second-order valence-electron chi connectivity index (χ2n) is 2.24. The molecule has 0 saturated carbocycles. The maximum absolute atomic E-state index is 10.8. The van der Waals surface area contributed by atoms with Crippen molar-refractivity contribution in [3.8, 4) is 0 Å². The fraction of sp³-hybridized carbons (Fsp3) is 0.833. The van der Waals surface area contributed by atoms with E-state index in [9.17, 15) is 4.79 Å². The summed E-state index contributed by atoms with van der Waals surface area (Å²) in [6.07, 6.45) is 1.05. The molecule has 0 aromatic carbocycles. The van der Waals surface area contributed by atoms with Gasteiger partial charge in [0, 0.05) is 6.54 Å². The topological polar surface area (TPSA) is 32.3 Å². The number of rotatable bonds is 2. The van der Waals surface area contributed by atoms with Gasteiger partial charge in [0.15, 0.2) is 0 Å². The molecule has 0 unspecified atom stereocenters. The predicted molar refractivity (Wildman–Crippen MR) is 34.9 cm³/mol. The van der Waals surface area contributed by atoms with Crippen molar-refractivity contribution in [2.24, 2.45) is 0 Å². The number of hydrogen-bond donors (Lipinski definition) is 1. The van der Waals surface area contributed by atoms with Gasteiger partial charge in [0.1, 0.15) is 0 Å². The lowest BCUT2D eigenvalue weighted by atomic mass is 10.4. The number of nitrogens with one attached hydrogen (secondary N) is 1. The number of nitrogens with zero attached hydrogens (tertiary/aromatic N) is 1. The minimum absolute atomic E-state index is 0.233. The molecule has 0 spiro atoms. The van der Waals surface area contributed by atoms with Gasteiger partial charge < -0.3 is 4.90 Å². The van der Waals surface area contributed by atoms with Crippen LogP contribution in [0.4, 0.5) is 0 Å². The summed E-state index contributed by atoms with van der Waals surface area (Å²) < 4.78 is 0. The largest absolute Gasteiger partial charge is 0.329 e. The lowest BCUT2D eigenvalue weighted by Crippen LogP contribution is -2.26. The Morgan fingerprint density at radius 1 is 1.78 bits per heavy atom. The molecule has 1 amide bonds. The molecule has 0 radical (unpaired) electrons. The highest BCUT2D eigenvalue weighted by molar-refractivity contribution is 5.79. The molecule has 3 heteroatoms. The molecule has 0 aliphatic carbocycles. The molecule has 1 aliphatic rings. The summed E-state index contributed by atoms with van der Waals surface area (Å²) in [4.78, 5) is 12.7. The maximum atomic E-state index is 10.8. The van der Waals surface area contributed by atoms with Gasteiger partial charge in [-0.2, -0.15) is 0 Å². The molecular weight excluding hydrogens is 116 g/mol. The van der Waals surface area contributed by atoms with Gasteiger partial charge in [0.05, 0.1) is 13.2 Å². The van der Waals surface area contributed by atoms with E-state index in [0.717, 1.165) is 19.6 Å². The number of carbonyl (C=O) groups excluding carboxylic acids is 1. The van der Waals surface area contributed by atoms with Crippen LogP contribution in [0.2, 0.25) is 0 Å². The first kappa shape index (κ1) is 6.55. The van der Waals surface area contributed by atoms with E-state index in [0.29, 0.717) is 6.54 Å². The van der Waals surface area contributed by atoms with Crippen LogP contribution in [0.15, 0.2) is 0 Å². The SMILES string of the molecule is CCCN1CNCC1=O. The van der Waals surface area contributed by atoms with Crippen molar-refractivity contribution in [1.82, 2.24) is 10.2 Å². The first-order chi connectivity index (χ1) is 4.34. The first-order valence-corrected chi connectivity index (χ1v) is 3.33. The van der Waals surface area contributed by atoms with E-state index in [1.54, 1.807) is 0 Å². The van der Waals surface area contributed by atoms with Gasteiger partial charge in [0.25, 0.3) is 0 Å². The highest BCUT2D eigenvalue weighted by atomic mass is 16.2. The monoisotopic (exact) mass is 128 g/mol. The van der Waals surface area contributed by atoms with Crippen LogP contribution < -0.4 is 5.32 Å². The lowest BCUT2D eigenvalue weighted by Gasteiger charge is -2.11. The summed E-state index contributed by atoms with van der Waals surface area (Å²) in [5.74, 6) is 0.233. The average Bonchev–Trinajstić information content (AvgIpc) is 2.18. The van der Waals surface area contributed by atoms with Crippen molar-refractivity contribution in [2.75, 3.05) is 19.8 Å². The van der Waals surface area contributed by atoms with Crippen molar-refractivity contribution in [1.29, 1.82) is 0 Å². The summed E-state index contributed by atoms with van der Waals surface area (Å²) >= 11 is 0. The summed E-state index contributed by atoms with van der Waals surface area (Å²) in [6, 6.07) is 0. The molecule has 0 atom stereocenters. The smallest absolute Gasteiger partial charge is 0.237 e. The van der Waals surface area contributed by atoms with Crippen LogP contribution in [0.5, 0.6) is 0 Å². The third-order valence-electron chi connectivity index (χ3n) is 1.43. The van der Waals surface area contributed by atoms with Crippen LogP contribution in [0.1, 0.15) is 13.3 Å². The van der Waals surface area contributed by atoms with Gasteiger partial charge in [-0.1, -0.05) is 6.92 Å².